The van der Waals surface area contributed by atoms with E-state index in [4.69, 9.17) is 0 Å². The van der Waals surface area contributed by atoms with Crippen molar-refractivity contribution in [2.75, 3.05) is 5.32 Å². The average Bonchev–Trinajstić information content (AvgIpc) is 3.04. The quantitative estimate of drug-likeness (QED) is 0.474. The number of aromatic nitrogens is 2. The molecule has 0 unspecified atom stereocenters. The van der Waals surface area contributed by atoms with E-state index in [0.29, 0.717) is 0 Å². The Kier molecular flexibility index (Phi) is 5.50. The highest BCUT2D eigenvalue weighted by Crippen LogP contribution is 2.32. The maximum atomic E-state index is 12.5. The molecule has 2 aromatic carbocycles. The monoisotopic (exact) mass is 369 g/mol. The largest absolute Gasteiger partial charge is 0.330 e. The second kappa shape index (κ2) is 7.80. The van der Waals surface area contributed by atoms with Crippen molar-refractivity contribution in [2.24, 2.45) is 0 Å². The number of aryl methyl sites for hydroxylation is 2. The van der Waals surface area contributed by atoms with Gasteiger partial charge >= 0.3 is 0 Å². The molecule has 0 saturated carbocycles. The number of nitrogens with zero attached hydrogens (tertiary/aromatic N) is 2. The van der Waals surface area contributed by atoms with Gasteiger partial charge in [0.25, 0.3) is 0 Å². The zero-order valence-corrected chi connectivity index (χ0v) is 15.9. The molecule has 0 aliphatic carbocycles. The van der Waals surface area contributed by atoms with Gasteiger partial charge in [-0.25, -0.2) is 0 Å². The highest BCUT2D eigenvalue weighted by molar-refractivity contribution is 8.02. The number of rotatable bonds is 6. The van der Waals surface area contributed by atoms with Crippen LogP contribution in [-0.4, -0.2) is 21.2 Å². The summed E-state index contributed by atoms with van der Waals surface area (Å²) in [6.07, 6.45) is 0. The predicted octanol–water partition coefficient (Wildman–Crippen LogP) is 5.26. The van der Waals surface area contributed by atoms with Crippen molar-refractivity contribution in [3.05, 3.63) is 65.2 Å². The summed E-state index contributed by atoms with van der Waals surface area (Å²) in [7, 11) is 0. The Morgan fingerprint density at radius 3 is 2.52 bits per heavy atom. The van der Waals surface area contributed by atoms with Crippen LogP contribution in [-0.2, 0) is 0 Å². The second-order valence-corrected chi connectivity index (χ2v) is 8.37. The third-order valence-electron chi connectivity index (χ3n) is 3.78. The van der Waals surface area contributed by atoms with Crippen LogP contribution in [0.4, 0.5) is 10.8 Å². The van der Waals surface area contributed by atoms with Gasteiger partial charge in [0.05, 0.1) is 5.25 Å². The van der Waals surface area contributed by atoms with Crippen molar-refractivity contribution in [2.45, 2.75) is 30.4 Å². The summed E-state index contributed by atoms with van der Waals surface area (Å²) in [5.41, 5.74) is 4.04. The summed E-state index contributed by atoms with van der Waals surface area (Å²) >= 11 is 2.90. The van der Waals surface area contributed by atoms with Gasteiger partial charge in [-0.2, -0.15) is 0 Å². The van der Waals surface area contributed by atoms with Crippen molar-refractivity contribution in [3.8, 4) is 0 Å². The molecular weight excluding hydrogens is 350 g/mol. The van der Waals surface area contributed by atoms with Crippen molar-refractivity contribution in [3.63, 3.8) is 0 Å². The summed E-state index contributed by atoms with van der Waals surface area (Å²) < 4.78 is 0.782. The van der Waals surface area contributed by atoms with Crippen LogP contribution in [0.15, 0.2) is 52.9 Å². The van der Waals surface area contributed by atoms with Gasteiger partial charge in [0.15, 0.2) is 10.1 Å². The van der Waals surface area contributed by atoms with Crippen LogP contribution >= 0.6 is 23.1 Å². The minimum atomic E-state index is -0.207. The molecule has 0 spiro atoms. The zero-order valence-electron chi connectivity index (χ0n) is 14.3. The van der Waals surface area contributed by atoms with Gasteiger partial charge in [-0.1, -0.05) is 71.1 Å². The molecule has 0 aliphatic rings. The highest BCUT2D eigenvalue weighted by atomic mass is 32.2. The lowest BCUT2D eigenvalue weighted by atomic mass is 10.1. The molecule has 0 radical (unpaired) electrons. The number of Topliss-reactive ketones (excluding diaryl/α,β-unsaturated/α-hetero) is 1. The number of hydrogen-bond donors (Lipinski definition) is 1. The molecule has 4 nitrogen and oxygen atoms in total. The first-order valence-corrected chi connectivity index (χ1v) is 9.66. The molecule has 3 rings (SSSR count). The maximum absolute atomic E-state index is 12.5. The van der Waals surface area contributed by atoms with Gasteiger partial charge in [0.2, 0.25) is 5.13 Å². The third-order valence-corrected chi connectivity index (χ3v) is 5.80. The Morgan fingerprint density at radius 2 is 1.80 bits per heavy atom. The van der Waals surface area contributed by atoms with Gasteiger partial charge < -0.3 is 5.32 Å². The number of para-hydroxylation sites is 1. The Labute approximate surface area is 155 Å². The predicted molar refractivity (Wildman–Crippen MR) is 105 cm³/mol. The second-order valence-electron chi connectivity index (χ2n) is 5.80. The number of benzene rings is 2. The lowest BCUT2D eigenvalue weighted by Gasteiger charge is -2.08. The smallest absolute Gasteiger partial charge is 0.210 e. The molecule has 1 N–H and O–H groups in total. The number of anilines is 2. The van der Waals surface area contributed by atoms with Crippen LogP contribution in [0.2, 0.25) is 0 Å². The van der Waals surface area contributed by atoms with Crippen molar-refractivity contribution < 1.29 is 4.79 Å². The fourth-order valence-electron chi connectivity index (χ4n) is 2.29. The van der Waals surface area contributed by atoms with Crippen molar-refractivity contribution >= 4 is 39.7 Å². The minimum absolute atomic E-state index is 0.105. The molecular formula is C19H19N3OS2. The van der Waals surface area contributed by atoms with Crippen molar-refractivity contribution in [1.29, 1.82) is 0 Å². The van der Waals surface area contributed by atoms with Gasteiger partial charge in [-0.15, -0.1) is 10.2 Å². The molecule has 128 valence electrons. The van der Waals surface area contributed by atoms with Gasteiger partial charge in [-0.3, -0.25) is 4.79 Å². The van der Waals surface area contributed by atoms with Gasteiger partial charge in [0.1, 0.15) is 0 Å². The molecule has 0 aliphatic heterocycles. The van der Waals surface area contributed by atoms with E-state index in [1.54, 1.807) is 0 Å². The highest BCUT2D eigenvalue weighted by Gasteiger charge is 2.18. The van der Waals surface area contributed by atoms with E-state index < -0.39 is 0 Å². The van der Waals surface area contributed by atoms with E-state index in [2.05, 4.69) is 15.5 Å². The summed E-state index contributed by atoms with van der Waals surface area (Å²) in [6, 6.07) is 15.7. The molecule has 0 bridgehead atoms. The third kappa shape index (κ3) is 4.46. The topological polar surface area (TPSA) is 54.9 Å². The van der Waals surface area contributed by atoms with E-state index in [9.17, 15) is 4.79 Å². The zero-order chi connectivity index (χ0) is 17.8. The van der Waals surface area contributed by atoms with E-state index in [-0.39, 0.29) is 11.0 Å². The molecule has 3 aromatic rings. The SMILES string of the molecule is Cc1ccc(C(=O)[C@H](C)Sc2nnc(Nc3ccccc3C)s2)cc1. The Hall–Kier alpha value is -2.18. The standard InChI is InChI=1S/C19H19N3OS2/c1-12-8-10-15(11-9-12)17(23)14(3)24-19-22-21-18(25-19)20-16-7-5-4-6-13(16)2/h4-11,14H,1-3H3,(H,20,21)/t14-/m0/s1. The average molecular weight is 370 g/mol. The molecule has 1 atom stereocenters. The van der Waals surface area contributed by atoms with Crippen LogP contribution in [0, 0.1) is 13.8 Å². The molecule has 1 heterocycles. The van der Waals surface area contributed by atoms with Gasteiger partial charge in [0, 0.05) is 11.3 Å². The van der Waals surface area contributed by atoms with E-state index >= 15 is 0 Å². The van der Waals surface area contributed by atoms with Crippen LogP contribution in [0.3, 0.4) is 0 Å². The van der Waals surface area contributed by atoms with Crippen LogP contribution in [0.25, 0.3) is 0 Å². The molecule has 0 amide bonds. The summed E-state index contributed by atoms with van der Waals surface area (Å²) in [5.74, 6) is 0.105. The van der Waals surface area contributed by atoms with E-state index in [1.807, 2.05) is 69.3 Å². The normalized spacial score (nSPS) is 12.0. The summed E-state index contributed by atoms with van der Waals surface area (Å²) in [4.78, 5) is 12.5. The maximum Gasteiger partial charge on any atom is 0.210 e. The van der Waals surface area contributed by atoms with Crippen LogP contribution < -0.4 is 5.32 Å². The molecule has 1 aromatic heterocycles. The fraction of sp³-hybridized carbons (Fsp3) is 0.211. The molecule has 0 fully saturated rings. The number of ketones is 1. The number of carbonyl (C=O) groups excluding carboxylic acids is 1. The molecule has 25 heavy (non-hydrogen) atoms. The summed E-state index contributed by atoms with van der Waals surface area (Å²) in [5, 5.41) is 12.2. The number of carbonyl (C=O) groups is 1. The van der Waals surface area contributed by atoms with Crippen LogP contribution in [0.1, 0.15) is 28.4 Å². The van der Waals surface area contributed by atoms with Crippen LogP contribution in [0.5, 0.6) is 0 Å². The van der Waals surface area contributed by atoms with Crippen molar-refractivity contribution in [1.82, 2.24) is 10.2 Å². The number of hydrogen-bond acceptors (Lipinski definition) is 6. The Morgan fingerprint density at radius 1 is 1.08 bits per heavy atom. The number of thioether (sulfide) groups is 1. The van der Waals surface area contributed by atoms with E-state index in [1.165, 1.54) is 23.1 Å². The first-order valence-electron chi connectivity index (χ1n) is 7.96. The fourth-order valence-corrected chi connectivity index (χ4v) is 4.28. The first-order chi connectivity index (χ1) is 12.0. The number of nitrogens with one attached hydrogen (secondary N) is 1. The first kappa shape index (κ1) is 17.6. The summed E-state index contributed by atoms with van der Waals surface area (Å²) in [6.45, 7) is 5.96. The minimum Gasteiger partial charge on any atom is -0.330 e. The molecule has 6 heteroatoms. The lowest BCUT2D eigenvalue weighted by molar-refractivity contribution is 0.0994. The van der Waals surface area contributed by atoms with Gasteiger partial charge in [-0.05, 0) is 32.4 Å². The Balaban J connectivity index is 1.65. The Bertz CT molecular complexity index is 874. The lowest BCUT2D eigenvalue weighted by Crippen LogP contribution is -2.13. The molecule has 0 saturated heterocycles. The van der Waals surface area contributed by atoms with E-state index in [0.717, 1.165) is 31.8 Å².